The largest absolute Gasteiger partial charge is 0.383 e. The van der Waals surface area contributed by atoms with Gasteiger partial charge in [-0.15, -0.1) is 0 Å². The Hall–Kier alpha value is -0.650. The molecule has 1 saturated heterocycles. The SMILES string of the molecule is COCCN1OC[C@H](N)C1=O. The lowest BCUT2D eigenvalue weighted by Gasteiger charge is -2.12. The number of hydroxylamine groups is 2. The minimum atomic E-state index is -0.494. The van der Waals surface area contributed by atoms with Crippen molar-refractivity contribution >= 4 is 5.91 Å². The molecule has 0 bridgehead atoms. The van der Waals surface area contributed by atoms with E-state index < -0.39 is 6.04 Å². The van der Waals surface area contributed by atoms with Gasteiger partial charge in [0.15, 0.2) is 0 Å². The Bertz CT molecular complexity index is 151. The highest BCUT2D eigenvalue weighted by atomic mass is 16.7. The van der Waals surface area contributed by atoms with Gasteiger partial charge in [0.05, 0.1) is 19.8 Å². The molecule has 0 saturated carbocycles. The fourth-order valence-electron chi connectivity index (χ4n) is 0.839. The summed E-state index contributed by atoms with van der Waals surface area (Å²) in [6, 6.07) is -0.494. The molecule has 0 aromatic carbocycles. The molecule has 0 aromatic heterocycles. The number of methoxy groups -OCH3 is 1. The van der Waals surface area contributed by atoms with Crippen molar-refractivity contribution in [1.29, 1.82) is 0 Å². The van der Waals surface area contributed by atoms with E-state index in [0.29, 0.717) is 13.2 Å². The standard InChI is InChI=1S/C6H12N2O3/c1-10-3-2-8-6(9)5(7)4-11-8/h5H,2-4,7H2,1H3/t5-/m0/s1. The lowest BCUT2D eigenvalue weighted by Crippen LogP contribution is -2.35. The lowest BCUT2D eigenvalue weighted by molar-refractivity contribution is -0.164. The van der Waals surface area contributed by atoms with Crippen LogP contribution in [0.25, 0.3) is 0 Å². The van der Waals surface area contributed by atoms with Gasteiger partial charge in [0.25, 0.3) is 5.91 Å². The second-order valence-corrected chi connectivity index (χ2v) is 2.34. The van der Waals surface area contributed by atoms with E-state index in [9.17, 15) is 4.79 Å². The van der Waals surface area contributed by atoms with Gasteiger partial charge in [-0.1, -0.05) is 0 Å². The lowest BCUT2D eigenvalue weighted by atomic mass is 10.3. The number of amides is 1. The van der Waals surface area contributed by atoms with Crippen molar-refractivity contribution < 1.29 is 14.4 Å². The van der Waals surface area contributed by atoms with Gasteiger partial charge in [-0.25, -0.2) is 5.06 Å². The van der Waals surface area contributed by atoms with Crippen LogP contribution in [-0.4, -0.2) is 43.9 Å². The van der Waals surface area contributed by atoms with E-state index in [-0.39, 0.29) is 12.5 Å². The fourth-order valence-corrected chi connectivity index (χ4v) is 0.839. The Labute approximate surface area is 65.0 Å². The van der Waals surface area contributed by atoms with Crippen LogP contribution in [0.2, 0.25) is 0 Å². The van der Waals surface area contributed by atoms with Gasteiger partial charge in [-0.05, 0) is 0 Å². The second kappa shape index (κ2) is 3.66. The van der Waals surface area contributed by atoms with Gasteiger partial charge < -0.3 is 10.5 Å². The molecule has 5 nitrogen and oxygen atoms in total. The molecule has 11 heavy (non-hydrogen) atoms. The first-order valence-corrected chi connectivity index (χ1v) is 3.44. The van der Waals surface area contributed by atoms with Crippen LogP contribution < -0.4 is 5.73 Å². The van der Waals surface area contributed by atoms with Crippen molar-refractivity contribution in [3.63, 3.8) is 0 Å². The first kappa shape index (κ1) is 8.45. The second-order valence-electron chi connectivity index (χ2n) is 2.34. The van der Waals surface area contributed by atoms with Gasteiger partial charge in [0, 0.05) is 7.11 Å². The molecule has 1 rings (SSSR count). The van der Waals surface area contributed by atoms with Gasteiger partial charge >= 0.3 is 0 Å². The maximum absolute atomic E-state index is 11.0. The molecule has 0 spiro atoms. The summed E-state index contributed by atoms with van der Waals surface area (Å²) >= 11 is 0. The molecule has 0 aromatic rings. The number of rotatable bonds is 3. The van der Waals surface area contributed by atoms with E-state index >= 15 is 0 Å². The Morgan fingerprint density at radius 1 is 1.91 bits per heavy atom. The highest BCUT2D eigenvalue weighted by Gasteiger charge is 2.29. The van der Waals surface area contributed by atoms with Crippen molar-refractivity contribution in [2.75, 3.05) is 26.9 Å². The van der Waals surface area contributed by atoms with E-state index in [4.69, 9.17) is 15.3 Å². The Kier molecular flexibility index (Phi) is 2.81. The zero-order valence-electron chi connectivity index (χ0n) is 6.45. The molecule has 1 aliphatic rings. The molecule has 1 amide bonds. The average molecular weight is 160 g/mol. The summed E-state index contributed by atoms with van der Waals surface area (Å²) in [5.74, 6) is -0.165. The molecule has 5 heteroatoms. The third-order valence-electron chi connectivity index (χ3n) is 1.47. The summed E-state index contributed by atoms with van der Waals surface area (Å²) in [5.41, 5.74) is 5.38. The van der Waals surface area contributed by atoms with Crippen molar-refractivity contribution in [2.24, 2.45) is 5.73 Å². The topological polar surface area (TPSA) is 64.8 Å². The van der Waals surface area contributed by atoms with Gasteiger partial charge in [-0.3, -0.25) is 9.63 Å². The summed E-state index contributed by atoms with van der Waals surface area (Å²) in [6.45, 7) is 1.20. The van der Waals surface area contributed by atoms with Crippen molar-refractivity contribution in [3.8, 4) is 0 Å². The first-order chi connectivity index (χ1) is 5.25. The summed E-state index contributed by atoms with van der Waals surface area (Å²) in [7, 11) is 1.57. The van der Waals surface area contributed by atoms with Crippen molar-refractivity contribution in [1.82, 2.24) is 5.06 Å². The van der Waals surface area contributed by atoms with Crippen molar-refractivity contribution in [2.45, 2.75) is 6.04 Å². The normalized spacial score (nSPS) is 24.7. The van der Waals surface area contributed by atoms with Crippen LogP contribution in [0.4, 0.5) is 0 Å². The van der Waals surface area contributed by atoms with Crippen molar-refractivity contribution in [3.05, 3.63) is 0 Å². The molecule has 64 valence electrons. The number of hydrogen-bond donors (Lipinski definition) is 1. The zero-order chi connectivity index (χ0) is 8.27. The number of ether oxygens (including phenoxy) is 1. The van der Waals surface area contributed by atoms with E-state index in [2.05, 4.69) is 0 Å². The number of hydrogen-bond acceptors (Lipinski definition) is 4. The maximum Gasteiger partial charge on any atom is 0.265 e. The molecule has 0 radical (unpaired) electrons. The van der Waals surface area contributed by atoms with Crippen LogP contribution in [0.5, 0.6) is 0 Å². The highest BCUT2D eigenvalue weighted by Crippen LogP contribution is 2.04. The zero-order valence-corrected chi connectivity index (χ0v) is 6.45. The predicted molar refractivity (Wildman–Crippen MR) is 37.5 cm³/mol. The number of nitrogens with zero attached hydrogens (tertiary/aromatic N) is 1. The molecule has 1 fully saturated rings. The van der Waals surface area contributed by atoms with Crippen LogP contribution in [0, 0.1) is 0 Å². The van der Waals surface area contributed by atoms with Crippen LogP contribution >= 0.6 is 0 Å². The van der Waals surface area contributed by atoms with E-state index in [1.165, 1.54) is 5.06 Å². The predicted octanol–water partition coefficient (Wildman–Crippen LogP) is -1.27. The number of carbonyl (C=O) groups excluding carboxylic acids is 1. The molecular formula is C6H12N2O3. The van der Waals surface area contributed by atoms with E-state index in [1.807, 2.05) is 0 Å². The Balaban J connectivity index is 2.30. The smallest absolute Gasteiger partial charge is 0.265 e. The van der Waals surface area contributed by atoms with Crippen LogP contribution in [0.1, 0.15) is 0 Å². The Morgan fingerprint density at radius 2 is 2.64 bits per heavy atom. The highest BCUT2D eigenvalue weighted by molar-refractivity contribution is 5.82. The third kappa shape index (κ3) is 1.89. The third-order valence-corrected chi connectivity index (χ3v) is 1.47. The van der Waals surface area contributed by atoms with Crippen LogP contribution in [0.15, 0.2) is 0 Å². The first-order valence-electron chi connectivity index (χ1n) is 3.44. The van der Waals surface area contributed by atoms with Gasteiger partial charge in [0.1, 0.15) is 6.04 Å². The quantitative estimate of drug-likeness (QED) is 0.559. The molecule has 0 unspecified atom stereocenters. The monoisotopic (exact) mass is 160 g/mol. The van der Waals surface area contributed by atoms with Crippen LogP contribution in [0.3, 0.4) is 0 Å². The summed E-state index contributed by atoms with van der Waals surface area (Å²) < 4.78 is 4.77. The Morgan fingerprint density at radius 3 is 3.09 bits per heavy atom. The van der Waals surface area contributed by atoms with Gasteiger partial charge in [-0.2, -0.15) is 0 Å². The maximum atomic E-state index is 11.0. The van der Waals surface area contributed by atoms with E-state index in [0.717, 1.165) is 0 Å². The molecule has 2 N–H and O–H groups in total. The molecule has 0 aliphatic carbocycles. The molecule has 1 aliphatic heterocycles. The molecular weight excluding hydrogens is 148 g/mol. The van der Waals surface area contributed by atoms with E-state index in [1.54, 1.807) is 7.11 Å². The summed E-state index contributed by atoms with van der Waals surface area (Å²) in [4.78, 5) is 16.0. The molecule has 1 atom stereocenters. The minimum absolute atomic E-state index is 0.165. The average Bonchev–Trinajstić information content (AvgIpc) is 2.31. The molecule has 1 heterocycles. The van der Waals surface area contributed by atoms with Gasteiger partial charge in [0.2, 0.25) is 0 Å². The minimum Gasteiger partial charge on any atom is -0.383 e. The summed E-state index contributed by atoms with van der Waals surface area (Å²) in [5, 5.41) is 1.24. The number of nitrogens with two attached hydrogens (primary N) is 1. The summed E-state index contributed by atoms with van der Waals surface area (Å²) in [6.07, 6.45) is 0. The van der Waals surface area contributed by atoms with Crippen LogP contribution in [-0.2, 0) is 14.4 Å². The fraction of sp³-hybridized carbons (Fsp3) is 0.833. The number of carbonyl (C=O) groups is 1.